The average molecular weight is 374 g/mol. The van der Waals surface area contributed by atoms with E-state index in [1.54, 1.807) is 54.6 Å². The standard InChI is InChI=1S/C19H22N2O4S/c1-15(22)16-8-6-9-17(14-16)20-19(23)12-7-13-21(2)26(24,25)18-10-4-3-5-11-18/h3-6,8-11,14H,7,12-13H2,1-2H3,(H,20,23). The van der Waals surface area contributed by atoms with Crippen LogP contribution in [0.25, 0.3) is 0 Å². The van der Waals surface area contributed by atoms with E-state index in [0.29, 0.717) is 17.7 Å². The van der Waals surface area contributed by atoms with Crippen molar-refractivity contribution in [3.05, 3.63) is 60.2 Å². The highest BCUT2D eigenvalue weighted by Crippen LogP contribution is 2.15. The van der Waals surface area contributed by atoms with Gasteiger partial charge >= 0.3 is 0 Å². The lowest BCUT2D eigenvalue weighted by molar-refractivity contribution is -0.116. The topological polar surface area (TPSA) is 83.6 Å². The van der Waals surface area contributed by atoms with Gasteiger partial charge in [0.25, 0.3) is 0 Å². The maximum absolute atomic E-state index is 12.4. The molecule has 0 atom stereocenters. The molecule has 0 radical (unpaired) electrons. The molecule has 0 saturated carbocycles. The third-order valence-corrected chi connectivity index (χ3v) is 5.75. The van der Waals surface area contributed by atoms with Crippen molar-refractivity contribution in [3.63, 3.8) is 0 Å². The van der Waals surface area contributed by atoms with Crippen LogP contribution in [0.5, 0.6) is 0 Å². The number of amides is 1. The Bertz CT molecular complexity index is 879. The number of anilines is 1. The summed E-state index contributed by atoms with van der Waals surface area (Å²) in [6.45, 7) is 1.70. The van der Waals surface area contributed by atoms with Crippen molar-refractivity contribution < 1.29 is 18.0 Å². The van der Waals surface area contributed by atoms with E-state index in [1.165, 1.54) is 18.3 Å². The summed E-state index contributed by atoms with van der Waals surface area (Å²) in [5.41, 5.74) is 1.07. The molecular weight excluding hydrogens is 352 g/mol. The van der Waals surface area contributed by atoms with Crippen molar-refractivity contribution in [2.75, 3.05) is 18.9 Å². The molecule has 1 N–H and O–H groups in total. The maximum atomic E-state index is 12.4. The number of nitrogens with zero attached hydrogens (tertiary/aromatic N) is 1. The quantitative estimate of drug-likeness (QED) is 0.720. The number of carbonyl (C=O) groups excluding carboxylic acids is 2. The van der Waals surface area contributed by atoms with Gasteiger partial charge in [-0.15, -0.1) is 0 Å². The molecule has 0 unspecified atom stereocenters. The van der Waals surface area contributed by atoms with Crippen LogP contribution in [0, 0.1) is 0 Å². The van der Waals surface area contributed by atoms with E-state index in [2.05, 4.69) is 5.32 Å². The summed E-state index contributed by atoms with van der Waals surface area (Å²) >= 11 is 0. The smallest absolute Gasteiger partial charge is 0.242 e. The molecule has 0 aromatic heterocycles. The molecule has 6 nitrogen and oxygen atoms in total. The third-order valence-electron chi connectivity index (χ3n) is 3.88. The summed E-state index contributed by atoms with van der Waals surface area (Å²) in [5, 5.41) is 2.72. The van der Waals surface area contributed by atoms with E-state index in [0.717, 1.165) is 0 Å². The monoisotopic (exact) mass is 374 g/mol. The van der Waals surface area contributed by atoms with Gasteiger partial charge < -0.3 is 5.32 Å². The van der Waals surface area contributed by atoms with Crippen LogP contribution in [0.15, 0.2) is 59.5 Å². The van der Waals surface area contributed by atoms with E-state index in [1.807, 2.05) is 0 Å². The summed E-state index contributed by atoms with van der Waals surface area (Å²) < 4.78 is 26.0. The van der Waals surface area contributed by atoms with Gasteiger partial charge in [-0.3, -0.25) is 9.59 Å². The molecule has 2 aromatic carbocycles. The lowest BCUT2D eigenvalue weighted by Crippen LogP contribution is -2.28. The Morgan fingerprint density at radius 1 is 1.04 bits per heavy atom. The number of ketones is 1. The highest BCUT2D eigenvalue weighted by Gasteiger charge is 2.20. The molecule has 0 saturated heterocycles. The van der Waals surface area contributed by atoms with E-state index >= 15 is 0 Å². The molecule has 0 aliphatic carbocycles. The minimum atomic E-state index is -3.55. The Kier molecular flexibility index (Phi) is 6.65. The Morgan fingerprint density at radius 3 is 2.38 bits per heavy atom. The van der Waals surface area contributed by atoms with Crippen LogP contribution in [0.2, 0.25) is 0 Å². The van der Waals surface area contributed by atoms with Crippen LogP contribution in [0.1, 0.15) is 30.1 Å². The molecule has 2 aromatic rings. The number of hydrogen-bond donors (Lipinski definition) is 1. The zero-order chi connectivity index (χ0) is 19.2. The molecule has 7 heteroatoms. The summed E-state index contributed by atoms with van der Waals surface area (Å²) in [6.07, 6.45) is 0.569. The summed E-state index contributed by atoms with van der Waals surface area (Å²) in [4.78, 5) is 23.6. The molecule has 0 bridgehead atoms. The van der Waals surface area contributed by atoms with Gasteiger partial charge in [-0.1, -0.05) is 30.3 Å². The molecule has 0 heterocycles. The van der Waals surface area contributed by atoms with E-state index in [9.17, 15) is 18.0 Å². The van der Waals surface area contributed by atoms with Gasteiger partial charge in [-0.25, -0.2) is 12.7 Å². The van der Waals surface area contributed by atoms with E-state index < -0.39 is 10.0 Å². The predicted molar refractivity (Wildman–Crippen MR) is 101 cm³/mol. The van der Waals surface area contributed by atoms with Gasteiger partial charge in [0.05, 0.1) is 4.90 Å². The van der Waals surface area contributed by atoms with Crippen molar-refractivity contribution in [3.8, 4) is 0 Å². The fraction of sp³-hybridized carbons (Fsp3) is 0.263. The van der Waals surface area contributed by atoms with Crippen molar-refractivity contribution in [1.29, 1.82) is 0 Å². The van der Waals surface area contributed by atoms with Gasteiger partial charge in [0.15, 0.2) is 5.78 Å². The molecule has 0 spiro atoms. The zero-order valence-corrected chi connectivity index (χ0v) is 15.6. The van der Waals surface area contributed by atoms with Crippen LogP contribution in [0.3, 0.4) is 0 Å². The number of hydrogen-bond acceptors (Lipinski definition) is 4. The largest absolute Gasteiger partial charge is 0.326 e. The van der Waals surface area contributed by atoms with E-state index in [4.69, 9.17) is 0 Å². The molecule has 1 amide bonds. The minimum Gasteiger partial charge on any atom is -0.326 e. The van der Waals surface area contributed by atoms with Crippen LogP contribution in [0.4, 0.5) is 5.69 Å². The number of nitrogens with one attached hydrogen (secondary N) is 1. The van der Waals surface area contributed by atoms with Gasteiger partial charge in [-0.2, -0.15) is 0 Å². The van der Waals surface area contributed by atoms with E-state index in [-0.39, 0.29) is 29.6 Å². The van der Waals surface area contributed by atoms with Gasteiger partial charge in [0.2, 0.25) is 15.9 Å². The zero-order valence-electron chi connectivity index (χ0n) is 14.8. The van der Waals surface area contributed by atoms with Crippen molar-refractivity contribution in [2.24, 2.45) is 0 Å². The number of benzene rings is 2. The van der Waals surface area contributed by atoms with Crippen LogP contribution in [-0.2, 0) is 14.8 Å². The van der Waals surface area contributed by atoms with Gasteiger partial charge in [-0.05, 0) is 37.6 Å². The molecule has 0 aliphatic heterocycles. The lowest BCUT2D eigenvalue weighted by atomic mass is 10.1. The molecular formula is C19H22N2O4S. The van der Waals surface area contributed by atoms with Crippen LogP contribution < -0.4 is 5.32 Å². The van der Waals surface area contributed by atoms with Crippen LogP contribution in [-0.4, -0.2) is 38.0 Å². The van der Waals surface area contributed by atoms with Gasteiger partial charge in [0.1, 0.15) is 0 Å². The summed E-state index contributed by atoms with van der Waals surface area (Å²) in [6, 6.07) is 14.9. The van der Waals surface area contributed by atoms with Gasteiger partial charge in [0, 0.05) is 31.3 Å². The third kappa shape index (κ3) is 5.24. The summed E-state index contributed by atoms with van der Waals surface area (Å²) in [7, 11) is -2.05. The first kappa shape index (κ1) is 19.8. The molecule has 0 fully saturated rings. The van der Waals surface area contributed by atoms with Crippen molar-refractivity contribution in [2.45, 2.75) is 24.7 Å². The Hall–Kier alpha value is -2.51. The number of Topliss-reactive ketones (excluding diaryl/α,β-unsaturated/α-hetero) is 1. The minimum absolute atomic E-state index is 0.0751. The van der Waals surface area contributed by atoms with Crippen LogP contribution >= 0.6 is 0 Å². The highest BCUT2D eigenvalue weighted by atomic mass is 32.2. The Labute approximate surface area is 153 Å². The average Bonchev–Trinajstić information content (AvgIpc) is 2.62. The maximum Gasteiger partial charge on any atom is 0.242 e. The Balaban J connectivity index is 1.86. The van der Waals surface area contributed by atoms with Crippen molar-refractivity contribution in [1.82, 2.24) is 4.31 Å². The molecule has 2 rings (SSSR count). The highest BCUT2D eigenvalue weighted by molar-refractivity contribution is 7.89. The molecule has 138 valence electrons. The Morgan fingerprint density at radius 2 is 1.73 bits per heavy atom. The number of sulfonamides is 1. The normalized spacial score (nSPS) is 11.3. The summed E-state index contributed by atoms with van der Waals surface area (Å²) in [5.74, 6) is -0.301. The predicted octanol–water partition coefficient (Wildman–Crippen LogP) is 2.93. The number of carbonyl (C=O) groups is 2. The fourth-order valence-corrected chi connectivity index (χ4v) is 3.62. The first-order valence-corrected chi connectivity index (χ1v) is 9.67. The first-order chi connectivity index (χ1) is 12.3. The second kappa shape index (κ2) is 8.73. The lowest BCUT2D eigenvalue weighted by Gasteiger charge is -2.17. The first-order valence-electron chi connectivity index (χ1n) is 8.23. The number of rotatable bonds is 8. The van der Waals surface area contributed by atoms with Crippen molar-refractivity contribution >= 4 is 27.4 Å². The second-order valence-electron chi connectivity index (χ2n) is 5.93. The second-order valence-corrected chi connectivity index (χ2v) is 7.97. The molecule has 26 heavy (non-hydrogen) atoms. The SMILES string of the molecule is CC(=O)c1cccc(NC(=O)CCCN(C)S(=O)(=O)c2ccccc2)c1. The molecule has 0 aliphatic rings. The fourth-order valence-electron chi connectivity index (χ4n) is 2.39.